The maximum absolute atomic E-state index is 12.0. The quantitative estimate of drug-likeness (QED) is 0.621. The fourth-order valence-electron chi connectivity index (χ4n) is 2.11. The summed E-state index contributed by atoms with van der Waals surface area (Å²) in [5.41, 5.74) is -1.43. The first-order valence-corrected chi connectivity index (χ1v) is 7.95. The number of hydrogen-bond acceptors (Lipinski definition) is 7. The number of carbonyl (C=O) groups excluding carboxylic acids is 1. The minimum absolute atomic E-state index is 0.0486. The van der Waals surface area contributed by atoms with Crippen LogP contribution in [-0.4, -0.2) is 41.7 Å². The molecule has 0 aromatic heterocycles. The summed E-state index contributed by atoms with van der Waals surface area (Å²) >= 11 is 0. The largest absolute Gasteiger partial charge is 0.348 e. The van der Waals surface area contributed by atoms with Crippen LogP contribution in [0.5, 0.6) is 0 Å². The molecule has 1 unspecified atom stereocenters. The molecule has 118 valence electrons. The van der Waals surface area contributed by atoms with E-state index in [2.05, 4.69) is 5.32 Å². The molecule has 11 heteroatoms. The molecule has 1 heterocycles. The summed E-state index contributed by atoms with van der Waals surface area (Å²) in [4.78, 5) is 31.8. The van der Waals surface area contributed by atoms with E-state index in [1.54, 1.807) is 0 Å². The van der Waals surface area contributed by atoms with Crippen LogP contribution in [0.4, 0.5) is 11.4 Å². The molecule has 1 aliphatic rings. The van der Waals surface area contributed by atoms with E-state index in [-0.39, 0.29) is 23.5 Å². The molecule has 0 saturated carbocycles. The van der Waals surface area contributed by atoms with E-state index in [0.29, 0.717) is 0 Å². The third kappa shape index (κ3) is 3.55. The topological polar surface area (TPSA) is 150 Å². The lowest BCUT2D eigenvalue weighted by Gasteiger charge is -2.10. The molecule has 0 aliphatic carbocycles. The minimum atomic E-state index is -3.20. The average Bonchev–Trinajstić information content (AvgIpc) is 2.77. The van der Waals surface area contributed by atoms with Crippen LogP contribution in [0.1, 0.15) is 16.8 Å². The van der Waals surface area contributed by atoms with Crippen molar-refractivity contribution in [1.82, 2.24) is 5.32 Å². The van der Waals surface area contributed by atoms with Crippen molar-refractivity contribution in [3.05, 3.63) is 44.0 Å². The number of non-ortho nitro benzene ring substituents is 2. The van der Waals surface area contributed by atoms with E-state index in [4.69, 9.17) is 0 Å². The zero-order valence-corrected chi connectivity index (χ0v) is 11.9. The minimum Gasteiger partial charge on any atom is -0.348 e. The first-order valence-electron chi connectivity index (χ1n) is 6.13. The number of amides is 1. The highest BCUT2D eigenvalue weighted by atomic mass is 32.2. The molecule has 1 saturated heterocycles. The number of nitrogens with one attached hydrogen (secondary N) is 1. The Balaban J connectivity index is 2.25. The van der Waals surface area contributed by atoms with Gasteiger partial charge in [-0.05, 0) is 6.42 Å². The molecule has 0 bridgehead atoms. The van der Waals surface area contributed by atoms with Gasteiger partial charge in [0.15, 0.2) is 9.84 Å². The van der Waals surface area contributed by atoms with E-state index in [1.165, 1.54) is 0 Å². The lowest BCUT2D eigenvalue weighted by molar-refractivity contribution is -0.394. The van der Waals surface area contributed by atoms with Crippen LogP contribution in [0.25, 0.3) is 0 Å². The van der Waals surface area contributed by atoms with Gasteiger partial charge in [-0.2, -0.15) is 0 Å². The Labute approximate surface area is 124 Å². The highest BCUT2D eigenvalue weighted by molar-refractivity contribution is 7.91. The Kier molecular flexibility index (Phi) is 4.08. The predicted molar refractivity (Wildman–Crippen MR) is 74.3 cm³/mol. The van der Waals surface area contributed by atoms with Crippen molar-refractivity contribution in [2.45, 2.75) is 12.5 Å². The standard InChI is InChI=1S/C11H11N3O7S/c15-11(12-8-1-2-22(20,21)6-8)7-3-9(13(16)17)5-10(4-7)14(18)19/h3-5,8H,1-2,6H2,(H,12,15). The van der Waals surface area contributed by atoms with Crippen LogP contribution in [0, 0.1) is 20.2 Å². The van der Waals surface area contributed by atoms with Crippen molar-refractivity contribution in [1.29, 1.82) is 0 Å². The predicted octanol–water partition coefficient (Wildman–Crippen LogP) is 0.420. The van der Waals surface area contributed by atoms with Gasteiger partial charge in [-0.25, -0.2) is 8.42 Å². The van der Waals surface area contributed by atoms with Crippen molar-refractivity contribution in [3.63, 3.8) is 0 Å². The van der Waals surface area contributed by atoms with Crippen LogP contribution >= 0.6 is 0 Å². The van der Waals surface area contributed by atoms with Crippen molar-refractivity contribution in [2.75, 3.05) is 11.5 Å². The summed E-state index contributed by atoms with van der Waals surface area (Å²) in [6.45, 7) is 0. The van der Waals surface area contributed by atoms with E-state index >= 15 is 0 Å². The first kappa shape index (κ1) is 15.8. The van der Waals surface area contributed by atoms with Crippen molar-refractivity contribution in [3.8, 4) is 0 Å². The SMILES string of the molecule is O=C(NC1CCS(=O)(=O)C1)c1cc([N+](=O)[O-])cc([N+](=O)[O-])c1. The van der Waals surface area contributed by atoms with Gasteiger partial charge >= 0.3 is 0 Å². The summed E-state index contributed by atoms with van der Waals surface area (Å²) < 4.78 is 22.6. The third-order valence-electron chi connectivity index (χ3n) is 3.15. The molecule has 10 nitrogen and oxygen atoms in total. The van der Waals surface area contributed by atoms with Gasteiger partial charge in [0.1, 0.15) is 0 Å². The molecule has 1 amide bonds. The summed E-state index contributed by atoms with van der Waals surface area (Å²) in [6.07, 6.45) is 0.241. The number of sulfone groups is 1. The van der Waals surface area contributed by atoms with Gasteiger partial charge in [0.05, 0.1) is 33.0 Å². The van der Waals surface area contributed by atoms with E-state index in [1.807, 2.05) is 0 Å². The highest BCUT2D eigenvalue weighted by Gasteiger charge is 2.30. The normalized spacial score (nSPS) is 19.5. The Bertz CT molecular complexity index is 727. The number of hydrogen-bond donors (Lipinski definition) is 1. The highest BCUT2D eigenvalue weighted by Crippen LogP contribution is 2.23. The zero-order chi connectivity index (χ0) is 16.5. The number of nitrogens with zero attached hydrogens (tertiary/aromatic N) is 2. The lowest BCUT2D eigenvalue weighted by atomic mass is 10.1. The second kappa shape index (κ2) is 5.67. The second-order valence-corrected chi connectivity index (χ2v) is 7.05. The molecule has 0 radical (unpaired) electrons. The Morgan fingerprint density at radius 2 is 1.68 bits per heavy atom. The molecule has 1 N–H and O–H groups in total. The molecule has 22 heavy (non-hydrogen) atoms. The van der Waals surface area contributed by atoms with Crippen LogP contribution in [0.15, 0.2) is 18.2 Å². The Hall–Kier alpha value is -2.56. The van der Waals surface area contributed by atoms with Crippen molar-refractivity contribution in [2.24, 2.45) is 0 Å². The van der Waals surface area contributed by atoms with Crippen LogP contribution < -0.4 is 5.32 Å². The van der Waals surface area contributed by atoms with Gasteiger partial charge in [0.25, 0.3) is 17.3 Å². The first-order chi connectivity index (χ1) is 10.2. The molecule has 1 atom stereocenters. The van der Waals surface area contributed by atoms with Gasteiger partial charge in [-0.3, -0.25) is 25.0 Å². The third-order valence-corrected chi connectivity index (χ3v) is 4.92. The van der Waals surface area contributed by atoms with Crippen molar-refractivity contribution >= 4 is 27.1 Å². The maximum atomic E-state index is 12.0. The van der Waals surface area contributed by atoms with E-state index in [9.17, 15) is 33.4 Å². The monoisotopic (exact) mass is 329 g/mol. The molecular formula is C11H11N3O7S. The second-order valence-electron chi connectivity index (χ2n) is 4.83. The van der Waals surface area contributed by atoms with Gasteiger partial charge in [-0.1, -0.05) is 0 Å². The Morgan fingerprint density at radius 3 is 2.09 bits per heavy atom. The smallest absolute Gasteiger partial charge is 0.277 e. The van der Waals surface area contributed by atoms with Crippen molar-refractivity contribution < 1.29 is 23.1 Å². The molecule has 1 aromatic rings. The van der Waals surface area contributed by atoms with E-state index < -0.39 is 43.0 Å². The molecular weight excluding hydrogens is 318 g/mol. The molecule has 1 fully saturated rings. The molecule has 1 aliphatic heterocycles. The van der Waals surface area contributed by atoms with Crippen LogP contribution in [0.2, 0.25) is 0 Å². The lowest BCUT2D eigenvalue weighted by Crippen LogP contribution is -2.35. The number of carbonyl (C=O) groups is 1. The maximum Gasteiger partial charge on any atom is 0.277 e. The number of benzene rings is 1. The number of rotatable bonds is 4. The summed E-state index contributed by atoms with van der Waals surface area (Å²) in [6, 6.07) is 1.96. The molecule has 0 spiro atoms. The number of nitro benzene ring substituents is 2. The van der Waals surface area contributed by atoms with Crippen LogP contribution in [0.3, 0.4) is 0 Å². The van der Waals surface area contributed by atoms with Crippen LogP contribution in [-0.2, 0) is 9.84 Å². The average molecular weight is 329 g/mol. The fourth-order valence-corrected chi connectivity index (χ4v) is 3.79. The van der Waals surface area contributed by atoms with Gasteiger partial charge in [0, 0.05) is 18.2 Å². The van der Waals surface area contributed by atoms with Gasteiger partial charge in [-0.15, -0.1) is 0 Å². The van der Waals surface area contributed by atoms with E-state index in [0.717, 1.165) is 18.2 Å². The molecule has 2 rings (SSSR count). The van der Waals surface area contributed by atoms with Gasteiger partial charge in [0.2, 0.25) is 0 Å². The molecule has 1 aromatic carbocycles. The van der Waals surface area contributed by atoms with Gasteiger partial charge < -0.3 is 5.32 Å². The zero-order valence-electron chi connectivity index (χ0n) is 11.1. The number of nitro groups is 2. The summed E-state index contributed by atoms with van der Waals surface area (Å²) in [5.74, 6) is -1.04. The summed E-state index contributed by atoms with van der Waals surface area (Å²) in [5, 5.41) is 23.9. The Morgan fingerprint density at radius 1 is 1.14 bits per heavy atom. The fraction of sp³-hybridized carbons (Fsp3) is 0.364. The summed E-state index contributed by atoms with van der Waals surface area (Å²) in [7, 11) is -3.20.